The molecule has 0 heterocycles. The van der Waals surface area contributed by atoms with E-state index in [-0.39, 0.29) is 18.1 Å². The summed E-state index contributed by atoms with van der Waals surface area (Å²) in [5.41, 5.74) is 1.47. The zero-order valence-corrected chi connectivity index (χ0v) is 8.16. The highest BCUT2D eigenvalue weighted by atomic mass is 16.3. The summed E-state index contributed by atoms with van der Waals surface area (Å²) in [5.74, 6) is 0.239. The van der Waals surface area contributed by atoms with E-state index in [1.165, 1.54) is 0 Å². The molecule has 0 bridgehead atoms. The van der Waals surface area contributed by atoms with Crippen molar-refractivity contribution < 1.29 is 15.0 Å². The Morgan fingerprint density at radius 2 is 2.14 bits per heavy atom. The van der Waals surface area contributed by atoms with E-state index in [4.69, 9.17) is 5.11 Å². The number of rotatable bonds is 4. The summed E-state index contributed by atoms with van der Waals surface area (Å²) in [7, 11) is 0. The second-order valence-electron chi connectivity index (χ2n) is 3.32. The van der Waals surface area contributed by atoms with Crippen molar-refractivity contribution in [1.82, 2.24) is 0 Å². The predicted molar refractivity (Wildman–Crippen MR) is 53.0 cm³/mol. The first-order chi connectivity index (χ1) is 6.63. The van der Waals surface area contributed by atoms with Gasteiger partial charge in [0.2, 0.25) is 0 Å². The first-order valence-corrected chi connectivity index (χ1v) is 4.54. The van der Waals surface area contributed by atoms with Crippen molar-refractivity contribution in [2.45, 2.75) is 26.4 Å². The molecule has 0 amide bonds. The molecule has 2 N–H and O–H groups in total. The molecule has 0 aromatic heterocycles. The molecule has 0 radical (unpaired) electrons. The third kappa shape index (κ3) is 2.85. The monoisotopic (exact) mass is 194 g/mol. The molecular weight excluding hydrogens is 180 g/mol. The van der Waals surface area contributed by atoms with Gasteiger partial charge in [0.05, 0.1) is 6.61 Å². The molecule has 0 aliphatic heterocycles. The van der Waals surface area contributed by atoms with E-state index in [1.54, 1.807) is 25.1 Å². The van der Waals surface area contributed by atoms with Crippen molar-refractivity contribution in [2.24, 2.45) is 0 Å². The van der Waals surface area contributed by atoms with Crippen LogP contribution < -0.4 is 0 Å². The Bertz CT molecular complexity index is 331. The molecule has 3 heteroatoms. The minimum atomic E-state index is -0.181. The number of ketones is 1. The molecule has 0 unspecified atom stereocenters. The summed E-state index contributed by atoms with van der Waals surface area (Å²) in [5, 5.41) is 18.2. The van der Waals surface area contributed by atoms with E-state index in [0.717, 1.165) is 5.56 Å². The number of aliphatic hydroxyl groups excluding tert-OH is 1. The number of benzene rings is 1. The Morgan fingerprint density at radius 3 is 2.71 bits per heavy atom. The van der Waals surface area contributed by atoms with Crippen LogP contribution in [0.4, 0.5) is 0 Å². The van der Waals surface area contributed by atoms with Gasteiger partial charge in [0, 0.05) is 12.0 Å². The standard InChI is InChI=1S/C11H14O3/c1-8(13)2-3-9-4-5-11(14)10(6-9)7-12/h4-6,12,14H,2-3,7H2,1H3. The lowest BCUT2D eigenvalue weighted by Crippen LogP contribution is -1.95. The second kappa shape index (κ2) is 4.77. The number of carbonyl (C=O) groups excluding carboxylic acids is 1. The molecule has 0 fully saturated rings. The number of aliphatic hydroxyl groups is 1. The first-order valence-electron chi connectivity index (χ1n) is 4.54. The van der Waals surface area contributed by atoms with Crippen molar-refractivity contribution in [3.8, 4) is 5.75 Å². The van der Waals surface area contributed by atoms with Crippen LogP contribution >= 0.6 is 0 Å². The number of hydrogen-bond donors (Lipinski definition) is 2. The SMILES string of the molecule is CC(=O)CCc1ccc(O)c(CO)c1. The van der Waals surface area contributed by atoms with E-state index < -0.39 is 0 Å². The van der Waals surface area contributed by atoms with Crippen molar-refractivity contribution in [1.29, 1.82) is 0 Å². The smallest absolute Gasteiger partial charge is 0.130 e. The van der Waals surface area contributed by atoms with Crippen LogP contribution in [0.15, 0.2) is 18.2 Å². The molecule has 0 spiro atoms. The number of phenols is 1. The third-order valence-electron chi connectivity index (χ3n) is 2.08. The van der Waals surface area contributed by atoms with Gasteiger partial charge in [-0.05, 0) is 31.0 Å². The van der Waals surface area contributed by atoms with Crippen LogP contribution in [0.2, 0.25) is 0 Å². The maximum absolute atomic E-state index is 10.7. The molecule has 0 saturated heterocycles. The lowest BCUT2D eigenvalue weighted by Gasteiger charge is -2.04. The van der Waals surface area contributed by atoms with Gasteiger partial charge in [-0.1, -0.05) is 6.07 Å². The minimum absolute atomic E-state index is 0.0964. The Hall–Kier alpha value is -1.35. The molecule has 1 rings (SSSR count). The van der Waals surface area contributed by atoms with E-state index in [0.29, 0.717) is 18.4 Å². The lowest BCUT2D eigenvalue weighted by atomic mass is 10.0. The van der Waals surface area contributed by atoms with Crippen molar-refractivity contribution in [3.05, 3.63) is 29.3 Å². The van der Waals surface area contributed by atoms with Gasteiger partial charge in [-0.3, -0.25) is 0 Å². The van der Waals surface area contributed by atoms with E-state index in [1.807, 2.05) is 0 Å². The number of aryl methyl sites for hydroxylation is 1. The first kappa shape index (κ1) is 10.7. The van der Waals surface area contributed by atoms with Crippen LogP contribution in [-0.4, -0.2) is 16.0 Å². The molecule has 0 aliphatic carbocycles. The third-order valence-corrected chi connectivity index (χ3v) is 2.08. The number of carbonyl (C=O) groups is 1. The van der Waals surface area contributed by atoms with Crippen LogP contribution in [0.25, 0.3) is 0 Å². The molecular formula is C11H14O3. The van der Waals surface area contributed by atoms with Gasteiger partial charge in [-0.2, -0.15) is 0 Å². The quantitative estimate of drug-likeness (QED) is 0.761. The van der Waals surface area contributed by atoms with Crippen LogP contribution in [0.5, 0.6) is 5.75 Å². The fourth-order valence-electron chi connectivity index (χ4n) is 1.24. The zero-order valence-electron chi connectivity index (χ0n) is 8.16. The average Bonchev–Trinajstić information content (AvgIpc) is 2.16. The fourth-order valence-corrected chi connectivity index (χ4v) is 1.24. The van der Waals surface area contributed by atoms with Crippen LogP contribution in [0.3, 0.4) is 0 Å². The summed E-state index contributed by atoms with van der Waals surface area (Å²) in [6.07, 6.45) is 1.15. The van der Waals surface area contributed by atoms with Gasteiger partial charge in [-0.15, -0.1) is 0 Å². The van der Waals surface area contributed by atoms with Gasteiger partial charge in [0.1, 0.15) is 11.5 Å². The topological polar surface area (TPSA) is 57.5 Å². The van der Waals surface area contributed by atoms with E-state index in [2.05, 4.69) is 0 Å². The minimum Gasteiger partial charge on any atom is -0.508 e. The van der Waals surface area contributed by atoms with E-state index in [9.17, 15) is 9.90 Å². The van der Waals surface area contributed by atoms with Crippen molar-refractivity contribution in [2.75, 3.05) is 0 Å². The fraction of sp³-hybridized carbons (Fsp3) is 0.364. The van der Waals surface area contributed by atoms with Gasteiger partial charge in [0.25, 0.3) is 0 Å². The summed E-state index contributed by atoms with van der Waals surface area (Å²) in [4.78, 5) is 10.7. The highest BCUT2D eigenvalue weighted by Gasteiger charge is 2.02. The van der Waals surface area contributed by atoms with Gasteiger partial charge >= 0.3 is 0 Å². The molecule has 0 saturated carbocycles. The molecule has 14 heavy (non-hydrogen) atoms. The maximum atomic E-state index is 10.7. The largest absolute Gasteiger partial charge is 0.508 e. The van der Waals surface area contributed by atoms with Crippen molar-refractivity contribution in [3.63, 3.8) is 0 Å². The summed E-state index contributed by atoms with van der Waals surface area (Å²) in [6, 6.07) is 5.02. The van der Waals surface area contributed by atoms with Crippen LogP contribution in [-0.2, 0) is 17.8 Å². The Labute approximate surface area is 83.0 Å². The Balaban J connectivity index is 2.74. The van der Waals surface area contributed by atoms with Gasteiger partial charge < -0.3 is 15.0 Å². The summed E-state index contributed by atoms with van der Waals surface area (Å²) >= 11 is 0. The Morgan fingerprint density at radius 1 is 1.43 bits per heavy atom. The number of Topliss-reactive ketones (excluding diaryl/α,β-unsaturated/α-hetero) is 1. The van der Waals surface area contributed by atoms with Crippen LogP contribution in [0, 0.1) is 0 Å². The summed E-state index contributed by atoms with van der Waals surface area (Å²) in [6.45, 7) is 1.37. The van der Waals surface area contributed by atoms with Crippen LogP contribution in [0.1, 0.15) is 24.5 Å². The molecule has 1 aromatic rings. The van der Waals surface area contributed by atoms with Crippen molar-refractivity contribution >= 4 is 5.78 Å². The molecule has 76 valence electrons. The lowest BCUT2D eigenvalue weighted by molar-refractivity contribution is -0.116. The normalized spacial score (nSPS) is 10.1. The molecule has 3 nitrogen and oxygen atoms in total. The van der Waals surface area contributed by atoms with Gasteiger partial charge in [-0.25, -0.2) is 0 Å². The highest BCUT2D eigenvalue weighted by molar-refractivity contribution is 5.75. The number of aromatic hydroxyl groups is 1. The van der Waals surface area contributed by atoms with E-state index >= 15 is 0 Å². The number of hydrogen-bond acceptors (Lipinski definition) is 3. The molecule has 0 atom stereocenters. The van der Waals surface area contributed by atoms with Gasteiger partial charge in [0.15, 0.2) is 0 Å². The second-order valence-corrected chi connectivity index (χ2v) is 3.32. The predicted octanol–water partition coefficient (Wildman–Crippen LogP) is 1.41. The highest BCUT2D eigenvalue weighted by Crippen LogP contribution is 2.19. The molecule has 0 aliphatic rings. The maximum Gasteiger partial charge on any atom is 0.130 e. The molecule has 1 aromatic carbocycles. The zero-order chi connectivity index (χ0) is 10.6. The summed E-state index contributed by atoms with van der Waals surface area (Å²) < 4.78 is 0. The average molecular weight is 194 g/mol. The Kier molecular flexibility index (Phi) is 3.65.